The molecular weight excluding hydrogens is 271 g/mol. The second-order valence-electron chi connectivity index (χ2n) is 4.51. The molecule has 0 saturated heterocycles. The number of aromatic nitrogens is 2. The van der Waals surface area contributed by atoms with Crippen LogP contribution in [0.5, 0.6) is 5.75 Å². The van der Waals surface area contributed by atoms with Gasteiger partial charge in [-0.2, -0.15) is 9.19 Å². The summed E-state index contributed by atoms with van der Waals surface area (Å²) in [7, 11) is -3.42. The van der Waals surface area contributed by atoms with E-state index >= 15 is 0 Å². The van der Waals surface area contributed by atoms with E-state index in [1.54, 1.807) is 0 Å². The topological polar surface area (TPSA) is 72.2 Å². The number of halogens is 1. The molecular formula is C12H11FN2O3S. The first kappa shape index (κ1) is 12.2. The zero-order valence-corrected chi connectivity index (χ0v) is 10.6. The van der Waals surface area contributed by atoms with Crippen LogP contribution in [-0.4, -0.2) is 28.0 Å². The molecule has 2 aromatic rings. The molecule has 19 heavy (non-hydrogen) atoms. The normalized spacial score (nSPS) is 15.6. The van der Waals surface area contributed by atoms with Crippen LogP contribution in [-0.2, 0) is 10.0 Å². The minimum atomic E-state index is -3.42. The standard InChI is InChI=1S/C12H11FN2O3S/c13-9-1-4-11(12(16)5-9)8-6-14-15(7-8)19(17,18)10-2-3-10/h1,4-7,10,16H,2-3H2. The molecule has 0 unspecified atom stereocenters. The summed E-state index contributed by atoms with van der Waals surface area (Å²) in [5.41, 5.74) is 0.778. The number of phenolic OH excluding ortho intramolecular Hbond substituents is 1. The van der Waals surface area contributed by atoms with Crippen LogP contribution in [0, 0.1) is 5.82 Å². The molecule has 100 valence electrons. The third kappa shape index (κ3) is 2.10. The fraction of sp³-hybridized carbons (Fsp3) is 0.250. The first-order chi connectivity index (χ1) is 8.98. The van der Waals surface area contributed by atoms with E-state index in [1.165, 1.54) is 24.5 Å². The van der Waals surface area contributed by atoms with Crippen LogP contribution in [0.4, 0.5) is 4.39 Å². The predicted molar refractivity (Wildman–Crippen MR) is 66.6 cm³/mol. The van der Waals surface area contributed by atoms with Crippen LogP contribution >= 0.6 is 0 Å². The number of aromatic hydroxyl groups is 1. The molecule has 0 bridgehead atoms. The van der Waals surface area contributed by atoms with Crippen molar-refractivity contribution in [2.45, 2.75) is 18.1 Å². The Kier molecular flexibility index (Phi) is 2.60. The monoisotopic (exact) mass is 282 g/mol. The maximum atomic E-state index is 12.9. The molecule has 0 radical (unpaired) electrons. The Morgan fingerprint density at radius 3 is 2.74 bits per heavy atom. The van der Waals surface area contributed by atoms with Crippen LogP contribution in [0.1, 0.15) is 12.8 Å². The van der Waals surface area contributed by atoms with E-state index in [0.29, 0.717) is 24.0 Å². The minimum Gasteiger partial charge on any atom is -0.507 e. The highest BCUT2D eigenvalue weighted by Crippen LogP contribution is 2.32. The minimum absolute atomic E-state index is 0.247. The van der Waals surface area contributed by atoms with E-state index in [1.807, 2.05) is 0 Å². The zero-order chi connectivity index (χ0) is 13.6. The van der Waals surface area contributed by atoms with Gasteiger partial charge in [-0.25, -0.2) is 12.8 Å². The molecule has 0 amide bonds. The molecule has 1 aromatic carbocycles. The van der Waals surface area contributed by atoms with Gasteiger partial charge in [0.05, 0.1) is 17.6 Å². The molecule has 0 atom stereocenters. The predicted octanol–water partition coefficient (Wildman–Crippen LogP) is 1.74. The van der Waals surface area contributed by atoms with Crippen molar-refractivity contribution in [1.29, 1.82) is 0 Å². The fourth-order valence-electron chi connectivity index (χ4n) is 1.85. The Morgan fingerprint density at radius 1 is 1.37 bits per heavy atom. The van der Waals surface area contributed by atoms with Crippen molar-refractivity contribution < 1.29 is 17.9 Å². The quantitative estimate of drug-likeness (QED) is 0.930. The van der Waals surface area contributed by atoms with Gasteiger partial charge in [0.15, 0.2) is 0 Å². The van der Waals surface area contributed by atoms with Gasteiger partial charge < -0.3 is 5.11 Å². The molecule has 7 heteroatoms. The summed E-state index contributed by atoms with van der Waals surface area (Å²) in [5, 5.41) is 13.1. The largest absolute Gasteiger partial charge is 0.507 e. The van der Waals surface area contributed by atoms with Crippen LogP contribution in [0.2, 0.25) is 0 Å². The summed E-state index contributed by atoms with van der Waals surface area (Å²) in [6.07, 6.45) is 3.98. The van der Waals surface area contributed by atoms with E-state index < -0.39 is 15.8 Å². The van der Waals surface area contributed by atoms with Crippen molar-refractivity contribution in [1.82, 2.24) is 9.19 Å². The first-order valence-electron chi connectivity index (χ1n) is 5.76. The van der Waals surface area contributed by atoms with Gasteiger partial charge in [-0.1, -0.05) is 0 Å². The van der Waals surface area contributed by atoms with Crippen LogP contribution < -0.4 is 0 Å². The molecule has 5 nitrogen and oxygen atoms in total. The summed E-state index contributed by atoms with van der Waals surface area (Å²) in [6, 6.07) is 3.56. The smallest absolute Gasteiger partial charge is 0.256 e. The average Bonchev–Trinajstić information content (AvgIpc) is 3.09. The molecule has 1 heterocycles. The molecule has 1 fully saturated rings. The van der Waals surface area contributed by atoms with E-state index in [4.69, 9.17) is 0 Å². The lowest BCUT2D eigenvalue weighted by molar-refractivity contribution is 0.471. The highest BCUT2D eigenvalue weighted by atomic mass is 32.2. The number of hydrogen-bond acceptors (Lipinski definition) is 4. The third-order valence-corrected chi connectivity index (χ3v) is 5.07. The van der Waals surface area contributed by atoms with Gasteiger partial charge in [0.1, 0.15) is 11.6 Å². The summed E-state index contributed by atoms with van der Waals surface area (Å²) >= 11 is 0. The van der Waals surface area contributed by atoms with Gasteiger partial charge in [-0.15, -0.1) is 0 Å². The zero-order valence-electron chi connectivity index (χ0n) is 9.82. The number of nitrogens with zero attached hydrogens (tertiary/aromatic N) is 2. The highest BCUT2D eigenvalue weighted by molar-refractivity contribution is 7.90. The van der Waals surface area contributed by atoms with Gasteiger partial charge >= 0.3 is 0 Å². The van der Waals surface area contributed by atoms with Crippen molar-refractivity contribution in [3.8, 4) is 16.9 Å². The van der Waals surface area contributed by atoms with E-state index in [2.05, 4.69) is 5.10 Å². The Hall–Kier alpha value is -1.89. The molecule has 0 spiro atoms. The van der Waals surface area contributed by atoms with Crippen molar-refractivity contribution in [3.05, 3.63) is 36.4 Å². The number of benzene rings is 1. The number of phenols is 1. The van der Waals surface area contributed by atoms with Gasteiger partial charge in [-0.05, 0) is 25.0 Å². The second-order valence-corrected chi connectivity index (χ2v) is 6.58. The number of rotatable bonds is 3. The Labute approximate surface area is 109 Å². The van der Waals surface area contributed by atoms with Gasteiger partial charge in [0.2, 0.25) is 0 Å². The van der Waals surface area contributed by atoms with Gasteiger partial charge in [-0.3, -0.25) is 0 Å². The lowest BCUT2D eigenvalue weighted by Crippen LogP contribution is -2.17. The summed E-state index contributed by atoms with van der Waals surface area (Å²) in [4.78, 5) is 0. The number of hydrogen-bond donors (Lipinski definition) is 1. The Bertz CT molecular complexity index is 735. The van der Waals surface area contributed by atoms with Crippen molar-refractivity contribution >= 4 is 10.0 Å². The lowest BCUT2D eigenvalue weighted by Gasteiger charge is -2.02. The maximum absolute atomic E-state index is 12.9. The fourth-order valence-corrected chi connectivity index (χ4v) is 3.33. The summed E-state index contributed by atoms with van der Waals surface area (Å²) < 4.78 is 37.7. The average molecular weight is 282 g/mol. The van der Waals surface area contributed by atoms with Crippen molar-refractivity contribution in [2.75, 3.05) is 0 Å². The molecule has 1 aromatic heterocycles. The SMILES string of the molecule is O=S(=O)(C1CC1)n1cc(-c2ccc(F)cc2O)cn1. The van der Waals surface area contributed by atoms with Crippen LogP contribution in [0.3, 0.4) is 0 Å². The molecule has 1 saturated carbocycles. The third-order valence-electron chi connectivity index (χ3n) is 3.04. The van der Waals surface area contributed by atoms with Gasteiger partial charge in [0, 0.05) is 17.2 Å². The molecule has 1 aliphatic carbocycles. The van der Waals surface area contributed by atoms with Crippen LogP contribution in [0.15, 0.2) is 30.6 Å². The van der Waals surface area contributed by atoms with Crippen molar-refractivity contribution in [2.24, 2.45) is 0 Å². The summed E-state index contributed by atoms with van der Waals surface area (Å²) in [6.45, 7) is 0. The molecule has 1 aliphatic rings. The highest BCUT2D eigenvalue weighted by Gasteiger charge is 2.37. The van der Waals surface area contributed by atoms with Crippen molar-refractivity contribution in [3.63, 3.8) is 0 Å². The Morgan fingerprint density at radius 2 is 2.11 bits per heavy atom. The first-order valence-corrected chi connectivity index (χ1v) is 7.27. The second kappa shape index (κ2) is 4.06. The lowest BCUT2D eigenvalue weighted by atomic mass is 10.1. The Balaban J connectivity index is 2.01. The maximum Gasteiger partial charge on any atom is 0.256 e. The van der Waals surface area contributed by atoms with E-state index in [9.17, 15) is 17.9 Å². The van der Waals surface area contributed by atoms with Crippen LogP contribution in [0.25, 0.3) is 11.1 Å². The summed E-state index contributed by atoms with van der Waals surface area (Å²) in [5.74, 6) is -0.803. The van der Waals surface area contributed by atoms with Gasteiger partial charge in [0.25, 0.3) is 10.0 Å². The molecule has 1 N–H and O–H groups in total. The molecule has 3 rings (SSSR count). The van der Waals surface area contributed by atoms with E-state index in [-0.39, 0.29) is 11.0 Å². The molecule has 0 aliphatic heterocycles. The van der Waals surface area contributed by atoms with E-state index in [0.717, 1.165) is 10.2 Å².